The average molecular weight is 283 g/mol. The molecule has 6 nitrogen and oxygen atoms in total. The Bertz CT molecular complexity index is 467. The maximum absolute atomic E-state index is 10.8. The van der Waals surface area contributed by atoms with Crippen LogP contribution in [-0.2, 0) is 7.05 Å². The molecule has 1 aliphatic rings. The van der Waals surface area contributed by atoms with Gasteiger partial charge in [-0.1, -0.05) is 0 Å². The fourth-order valence-electron chi connectivity index (χ4n) is 2.18. The Morgan fingerprint density at radius 1 is 1.58 bits per heavy atom. The molecule has 104 valence electrons. The van der Waals surface area contributed by atoms with E-state index in [1.165, 1.54) is 4.90 Å². The lowest BCUT2D eigenvalue weighted by Crippen LogP contribution is -2.37. The molecule has 7 heteroatoms. The second-order valence-electron chi connectivity index (χ2n) is 4.69. The van der Waals surface area contributed by atoms with Crippen molar-refractivity contribution in [1.82, 2.24) is 14.7 Å². The van der Waals surface area contributed by atoms with E-state index in [-0.39, 0.29) is 0 Å². The van der Waals surface area contributed by atoms with Gasteiger partial charge in [0, 0.05) is 32.1 Å². The van der Waals surface area contributed by atoms with Gasteiger partial charge in [0.25, 0.3) is 0 Å². The fraction of sp³-hybridized carbons (Fsp3) is 0.583. The summed E-state index contributed by atoms with van der Waals surface area (Å²) in [6, 6.07) is 0. The van der Waals surface area contributed by atoms with Gasteiger partial charge in [-0.3, -0.25) is 9.48 Å². The summed E-state index contributed by atoms with van der Waals surface area (Å²) >= 11 is 1.63. The van der Waals surface area contributed by atoms with E-state index >= 15 is 0 Å². The maximum atomic E-state index is 10.8. The van der Waals surface area contributed by atoms with Crippen LogP contribution in [0, 0.1) is 5.92 Å². The van der Waals surface area contributed by atoms with Crippen molar-refractivity contribution in [3.8, 4) is 0 Å². The molecule has 0 saturated carbocycles. The van der Waals surface area contributed by atoms with Crippen molar-refractivity contribution >= 4 is 24.1 Å². The molecule has 0 aromatic carbocycles. The molecule has 0 bridgehead atoms. The summed E-state index contributed by atoms with van der Waals surface area (Å²) in [7, 11) is 1.79. The van der Waals surface area contributed by atoms with E-state index in [0.29, 0.717) is 24.7 Å². The lowest BCUT2D eigenvalue weighted by molar-refractivity contribution is 0.111. The van der Waals surface area contributed by atoms with Gasteiger partial charge in [-0.25, -0.2) is 4.79 Å². The summed E-state index contributed by atoms with van der Waals surface area (Å²) in [5.74, 6) is 1.40. The quantitative estimate of drug-likeness (QED) is 0.672. The highest BCUT2D eigenvalue weighted by Gasteiger charge is 2.22. The monoisotopic (exact) mass is 283 g/mol. The number of carbonyl (C=O) groups excluding carboxylic acids is 1. The molecule has 1 aliphatic heterocycles. The minimum absolute atomic E-state index is 0.482. The van der Waals surface area contributed by atoms with Gasteiger partial charge in [-0.05, 0) is 18.8 Å². The van der Waals surface area contributed by atoms with Crippen LogP contribution in [0.25, 0.3) is 0 Å². The Morgan fingerprint density at radius 2 is 2.26 bits per heavy atom. The van der Waals surface area contributed by atoms with E-state index in [1.807, 2.05) is 6.20 Å². The number of likely N-dealkylation sites (tertiary alicyclic amines) is 1. The third-order valence-corrected chi connectivity index (χ3v) is 4.56. The first-order chi connectivity index (χ1) is 9.10. The molecule has 2 heterocycles. The number of piperidine rings is 1. The number of hydrogen-bond acceptors (Lipinski definition) is 4. The highest BCUT2D eigenvalue weighted by Crippen LogP contribution is 2.27. The standard InChI is InChI=1S/C12H17N3O3S/c1-14-6-11(10(7-16)13-14)19-8-9-2-4-15(5-3-9)12(17)18/h6-7,9H,2-5,8H2,1H3,(H,17,18). The molecule has 1 aromatic heterocycles. The van der Waals surface area contributed by atoms with Crippen molar-refractivity contribution in [2.45, 2.75) is 17.7 Å². The van der Waals surface area contributed by atoms with Crippen LogP contribution in [0.15, 0.2) is 11.1 Å². The second-order valence-corrected chi connectivity index (χ2v) is 5.76. The molecule has 19 heavy (non-hydrogen) atoms. The lowest BCUT2D eigenvalue weighted by Gasteiger charge is -2.29. The van der Waals surface area contributed by atoms with Crippen LogP contribution in [0.2, 0.25) is 0 Å². The number of amides is 1. The first kappa shape index (κ1) is 13.9. The van der Waals surface area contributed by atoms with Crippen molar-refractivity contribution in [3.63, 3.8) is 0 Å². The largest absolute Gasteiger partial charge is 0.465 e. The number of carbonyl (C=O) groups is 2. The summed E-state index contributed by atoms with van der Waals surface area (Å²) in [5.41, 5.74) is 0.482. The van der Waals surface area contributed by atoms with Gasteiger partial charge in [0.15, 0.2) is 6.29 Å². The number of aldehydes is 1. The highest BCUT2D eigenvalue weighted by molar-refractivity contribution is 7.99. The molecule has 0 unspecified atom stereocenters. The molecule has 0 aliphatic carbocycles. The van der Waals surface area contributed by atoms with Gasteiger partial charge >= 0.3 is 6.09 Å². The first-order valence-corrected chi connectivity index (χ1v) is 7.18. The topological polar surface area (TPSA) is 75.4 Å². The van der Waals surface area contributed by atoms with Crippen LogP contribution in [0.3, 0.4) is 0 Å². The fourth-order valence-corrected chi connectivity index (χ4v) is 3.39. The third-order valence-electron chi connectivity index (χ3n) is 3.29. The summed E-state index contributed by atoms with van der Waals surface area (Å²) in [5, 5.41) is 12.9. The average Bonchev–Trinajstić information content (AvgIpc) is 2.77. The van der Waals surface area contributed by atoms with Crippen molar-refractivity contribution in [1.29, 1.82) is 0 Å². The zero-order chi connectivity index (χ0) is 13.8. The molecule has 1 fully saturated rings. The molecule has 0 radical (unpaired) electrons. The number of carboxylic acid groups (broad SMARTS) is 1. The third kappa shape index (κ3) is 3.50. The molecule has 1 N–H and O–H groups in total. The zero-order valence-electron chi connectivity index (χ0n) is 10.8. The Labute approximate surface area is 115 Å². The predicted octanol–water partition coefficient (Wildman–Crippen LogP) is 1.71. The SMILES string of the molecule is Cn1cc(SCC2CCN(C(=O)O)CC2)c(C=O)n1. The Hall–Kier alpha value is -1.50. The summed E-state index contributed by atoms with van der Waals surface area (Å²) in [6.45, 7) is 1.21. The van der Waals surface area contributed by atoms with Crippen molar-refractivity contribution < 1.29 is 14.7 Å². The van der Waals surface area contributed by atoms with Crippen LogP contribution in [0.4, 0.5) is 4.79 Å². The van der Waals surface area contributed by atoms with Crippen molar-refractivity contribution in [2.75, 3.05) is 18.8 Å². The number of hydrogen-bond donors (Lipinski definition) is 1. The van der Waals surface area contributed by atoms with Crippen LogP contribution in [0.5, 0.6) is 0 Å². The molecular weight excluding hydrogens is 266 g/mol. The maximum Gasteiger partial charge on any atom is 0.407 e. The normalized spacial score (nSPS) is 16.6. The number of aryl methyl sites for hydroxylation is 1. The van der Waals surface area contributed by atoms with Gasteiger partial charge in [-0.15, -0.1) is 11.8 Å². The van der Waals surface area contributed by atoms with E-state index in [2.05, 4.69) is 5.10 Å². The van der Waals surface area contributed by atoms with Gasteiger partial charge in [0.1, 0.15) is 5.69 Å². The molecule has 1 saturated heterocycles. The van der Waals surface area contributed by atoms with Gasteiger partial charge in [0.05, 0.1) is 4.90 Å². The van der Waals surface area contributed by atoms with E-state index in [9.17, 15) is 9.59 Å². The van der Waals surface area contributed by atoms with Gasteiger partial charge in [-0.2, -0.15) is 5.10 Å². The molecule has 0 spiro atoms. The molecule has 0 atom stereocenters. The Balaban J connectivity index is 1.83. The van der Waals surface area contributed by atoms with Crippen LogP contribution in [-0.4, -0.2) is 51.0 Å². The van der Waals surface area contributed by atoms with Crippen LogP contribution >= 0.6 is 11.8 Å². The van der Waals surface area contributed by atoms with E-state index in [0.717, 1.165) is 29.8 Å². The number of rotatable bonds is 4. The predicted molar refractivity (Wildman–Crippen MR) is 71.6 cm³/mol. The minimum Gasteiger partial charge on any atom is -0.465 e. The van der Waals surface area contributed by atoms with E-state index < -0.39 is 6.09 Å². The molecule has 2 rings (SSSR count). The minimum atomic E-state index is -0.832. The second kappa shape index (κ2) is 6.10. The zero-order valence-corrected chi connectivity index (χ0v) is 11.6. The Kier molecular flexibility index (Phi) is 4.47. The van der Waals surface area contributed by atoms with Gasteiger partial charge < -0.3 is 10.0 Å². The van der Waals surface area contributed by atoms with Crippen LogP contribution < -0.4 is 0 Å². The number of nitrogens with zero attached hydrogens (tertiary/aromatic N) is 3. The van der Waals surface area contributed by atoms with Crippen molar-refractivity contribution in [2.24, 2.45) is 13.0 Å². The lowest BCUT2D eigenvalue weighted by atomic mass is 9.99. The smallest absolute Gasteiger partial charge is 0.407 e. The molecular formula is C12H17N3O3S. The van der Waals surface area contributed by atoms with Gasteiger partial charge in [0.2, 0.25) is 0 Å². The number of aromatic nitrogens is 2. The summed E-state index contributed by atoms with van der Waals surface area (Å²) < 4.78 is 1.64. The highest BCUT2D eigenvalue weighted by atomic mass is 32.2. The van der Waals surface area contributed by atoms with E-state index in [1.54, 1.807) is 23.5 Å². The summed E-state index contributed by atoms with van der Waals surface area (Å²) in [4.78, 5) is 24.0. The summed E-state index contributed by atoms with van der Waals surface area (Å²) in [6.07, 6.45) is 3.56. The first-order valence-electron chi connectivity index (χ1n) is 6.19. The van der Waals surface area contributed by atoms with E-state index in [4.69, 9.17) is 5.11 Å². The molecule has 1 amide bonds. The van der Waals surface area contributed by atoms with Crippen LogP contribution in [0.1, 0.15) is 23.3 Å². The Morgan fingerprint density at radius 3 is 2.84 bits per heavy atom. The van der Waals surface area contributed by atoms with Crippen molar-refractivity contribution in [3.05, 3.63) is 11.9 Å². The number of thioether (sulfide) groups is 1. The molecule has 1 aromatic rings.